The average molecular weight is 780 g/mol. The maximum Gasteiger partial charge on any atom is 0.0560 e. The summed E-state index contributed by atoms with van der Waals surface area (Å²) in [5.74, 6) is 0. The number of allylic oxidation sites excluding steroid dienone is 4. The number of piperidine rings is 2. The van der Waals surface area contributed by atoms with Crippen LogP contribution in [0.2, 0.25) is 0 Å². The maximum atomic E-state index is 2.63. The predicted octanol–water partition coefficient (Wildman–Crippen LogP) is 14.8. The molecule has 0 bridgehead atoms. The highest BCUT2D eigenvalue weighted by Crippen LogP contribution is 2.52. The molecule has 0 amide bonds. The molecule has 7 aromatic carbocycles. The van der Waals surface area contributed by atoms with Crippen LogP contribution < -0.4 is 9.80 Å². The highest BCUT2D eigenvalue weighted by atomic mass is 15.1. The van der Waals surface area contributed by atoms with Gasteiger partial charge >= 0.3 is 0 Å². The van der Waals surface area contributed by atoms with Gasteiger partial charge in [-0.05, 0) is 160 Å². The number of para-hydroxylation sites is 1. The van der Waals surface area contributed by atoms with Crippen molar-refractivity contribution in [3.8, 4) is 33.4 Å². The molecule has 1 aromatic heterocycles. The van der Waals surface area contributed by atoms with Crippen LogP contribution in [0.3, 0.4) is 0 Å². The van der Waals surface area contributed by atoms with E-state index in [4.69, 9.17) is 0 Å². The van der Waals surface area contributed by atoms with Crippen LogP contribution in [0.1, 0.15) is 76.0 Å². The van der Waals surface area contributed by atoms with Crippen molar-refractivity contribution in [3.63, 3.8) is 0 Å². The van der Waals surface area contributed by atoms with Gasteiger partial charge in [-0.2, -0.15) is 0 Å². The molecule has 3 heterocycles. The normalized spacial score (nSPS) is 18.5. The zero-order valence-electron chi connectivity index (χ0n) is 35.1. The molecular weight excluding hydrogens is 727 g/mol. The molecule has 4 aliphatic rings. The molecular formula is C57H53N3. The van der Waals surface area contributed by atoms with Gasteiger partial charge in [-0.3, -0.25) is 0 Å². The Morgan fingerprint density at radius 3 is 1.75 bits per heavy atom. The molecule has 2 aliphatic carbocycles. The minimum atomic E-state index is -0.0772. The lowest BCUT2D eigenvalue weighted by molar-refractivity contribution is 0.578. The second-order valence-electron chi connectivity index (χ2n) is 18.5. The van der Waals surface area contributed by atoms with Gasteiger partial charge in [-0.15, -0.1) is 0 Å². The Bertz CT molecular complexity index is 3070. The van der Waals surface area contributed by atoms with E-state index in [1.807, 2.05) is 0 Å². The third kappa shape index (κ3) is 5.54. The molecule has 0 spiro atoms. The van der Waals surface area contributed by atoms with Crippen molar-refractivity contribution in [2.75, 3.05) is 36.0 Å². The molecule has 0 radical (unpaired) electrons. The molecule has 8 aromatic rings. The van der Waals surface area contributed by atoms with E-state index in [0.29, 0.717) is 6.04 Å². The first-order valence-corrected chi connectivity index (χ1v) is 22.7. The summed E-state index contributed by atoms with van der Waals surface area (Å²) in [6, 6.07) is 48.0. The monoisotopic (exact) mass is 779 g/mol. The molecule has 0 N–H and O–H groups in total. The quantitative estimate of drug-likeness (QED) is 0.161. The number of anilines is 2. The molecule has 296 valence electrons. The van der Waals surface area contributed by atoms with Gasteiger partial charge in [0.15, 0.2) is 0 Å². The van der Waals surface area contributed by atoms with Gasteiger partial charge in [0.2, 0.25) is 0 Å². The van der Waals surface area contributed by atoms with Crippen LogP contribution in [-0.2, 0) is 5.41 Å². The Kier molecular flexibility index (Phi) is 8.37. The Morgan fingerprint density at radius 2 is 1.07 bits per heavy atom. The van der Waals surface area contributed by atoms with Gasteiger partial charge in [0.25, 0.3) is 0 Å². The fourth-order valence-corrected chi connectivity index (χ4v) is 11.7. The molecule has 2 saturated heterocycles. The number of nitrogens with zero attached hydrogens (tertiary/aromatic N) is 3. The van der Waals surface area contributed by atoms with Crippen LogP contribution in [-0.4, -0.2) is 30.7 Å². The van der Waals surface area contributed by atoms with E-state index < -0.39 is 0 Å². The van der Waals surface area contributed by atoms with Gasteiger partial charge in [-0.1, -0.05) is 111 Å². The lowest BCUT2D eigenvalue weighted by atomic mass is 9.80. The molecule has 12 rings (SSSR count). The largest absolute Gasteiger partial charge is 0.372 e. The number of rotatable bonds is 5. The predicted molar refractivity (Wildman–Crippen MR) is 257 cm³/mol. The zero-order chi connectivity index (χ0) is 40.0. The minimum absolute atomic E-state index is 0.0772. The van der Waals surface area contributed by atoms with Gasteiger partial charge in [0.1, 0.15) is 0 Å². The van der Waals surface area contributed by atoms with E-state index in [1.165, 1.54) is 138 Å². The lowest BCUT2D eigenvalue weighted by Crippen LogP contribution is -2.29. The highest BCUT2D eigenvalue weighted by Gasteiger charge is 2.35. The van der Waals surface area contributed by atoms with Crippen LogP contribution in [0.4, 0.5) is 11.4 Å². The van der Waals surface area contributed by atoms with Crippen LogP contribution in [0, 0.1) is 0 Å². The first kappa shape index (κ1) is 35.8. The van der Waals surface area contributed by atoms with E-state index >= 15 is 0 Å². The second-order valence-corrected chi connectivity index (χ2v) is 18.5. The molecule has 3 heteroatoms. The first-order valence-electron chi connectivity index (χ1n) is 22.7. The smallest absolute Gasteiger partial charge is 0.0560 e. The Labute approximate surface area is 354 Å². The standard InChI is InChI=1S/C57H53N3/c1-57(2)51-20-10-8-18-43(51)44-26-22-39(35-52(44)57)56-47-28-25-41(58-30-12-4-13-31-58)36-49(47)55(46-27-24-42(37-50(46)56)59-32-14-5-15-33-59)38-23-29-54-48(34-38)45-19-9-11-21-53(45)60(54)40-16-6-3-7-17-40/h3,6-11,16,18-29,34-37,40H,4-5,12-15,17,30-33H2,1-2H3. The van der Waals surface area contributed by atoms with Crippen molar-refractivity contribution in [2.45, 2.75) is 70.3 Å². The van der Waals surface area contributed by atoms with E-state index in [1.54, 1.807) is 0 Å². The molecule has 1 unspecified atom stereocenters. The second kappa shape index (κ2) is 14.0. The van der Waals surface area contributed by atoms with Crippen LogP contribution in [0.15, 0.2) is 146 Å². The van der Waals surface area contributed by atoms with E-state index in [0.717, 1.165) is 32.6 Å². The van der Waals surface area contributed by atoms with Crippen molar-refractivity contribution < 1.29 is 0 Å². The summed E-state index contributed by atoms with van der Waals surface area (Å²) < 4.78 is 2.57. The molecule has 3 nitrogen and oxygen atoms in total. The summed E-state index contributed by atoms with van der Waals surface area (Å²) in [5, 5.41) is 8.02. The summed E-state index contributed by atoms with van der Waals surface area (Å²) >= 11 is 0. The Morgan fingerprint density at radius 1 is 0.467 bits per heavy atom. The van der Waals surface area contributed by atoms with Gasteiger partial charge in [0, 0.05) is 64.8 Å². The van der Waals surface area contributed by atoms with Gasteiger partial charge in [0.05, 0.1) is 6.04 Å². The Hall–Kier alpha value is -6.06. The maximum absolute atomic E-state index is 2.63. The highest BCUT2D eigenvalue weighted by molar-refractivity contribution is 6.23. The van der Waals surface area contributed by atoms with Crippen molar-refractivity contribution >= 4 is 54.7 Å². The zero-order valence-corrected chi connectivity index (χ0v) is 35.1. The van der Waals surface area contributed by atoms with Gasteiger partial charge in [-0.25, -0.2) is 0 Å². The lowest BCUT2D eigenvalue weighted by Gasteiger charge is -2.30. The summed E-state index contributed by atoms with van der Waals surface area (Å²) in [6.45, 7) is 9.31. The van der Waals surface area contributed by atoms with Crippen molar-refractivity contribution in [3.05, 3.63) is 157 Å². The van der Waals surface area contributed by atoms with Crippen molar-refractivity contribution in [2.24, 2.45) is 0 Å². The van der Waals surface area contributed by atoms with Crippen LogP contribution in [0.25, 0.3) is 76.7 Å². The van der Waals surface area contributed by atoms with Crippen LogP contribution in [0.5, 0.6) is 0 Å². The number of benzene rings is 7. The third-order valence-corrected chi connectivity index (χ3v) is 14.7. The average Bonchev–Trinajstić information content (AvgIpc) is 3.76. The van der Waals surface area contributed by atoms with E-state index in [-0.39, 0.29) is 5.41 Å². The topological polar surface area (TPSA) is 11.4 Å². The molecule has 60 heavy (non-hydrogen) atoms. The number of hydrogen-bond acceptors (Lipinski definition) is 2. The van der Waals surface area contributed by atoms with Gasteiger partial charge < -0.3 is 14.4 Å². The number of aromatic nitrogens is 1. The van der Waals surface area contributed by atoms with E-state index in [2.05, 4.69) is 174 Å². The molecule has 2 aliphatic heterocycles. The molecule has 2 fully saturated rings. The summed E-state index contributed by atoms with van der Waals surface area (Å²) in [6.07, 6.45) is 17.7. The number of fused-ring (bicyclic) bond motifs is 8. The minimum Gasteiger partial charge on any atom is -0.372 e. The SMILES string of the molecule is CC1(C)c2ccccc2-c2ccc(-c3c4ccc(N5CCCCC5)cc4c(-c4ccc5c(c4)c4ccccc4n5C4C=CC=CC4)c4ccc(N5CCCCC5)cc34)cc21. The molecule has 0 saturated carbocycles. The fraction of sp³-hybridized carbons (Fsp3) is 0.263. The fourth-order valence-electron chi connectivity index (χ4n) is 11.7. The van der Waals surface area contributed by atoms with E-state index in [9.17, 15) is 0 Å². The summed E-state index contributed by atoms with van der Waals surface area (Å²) in [4.78, 5) is 5.27. The van der Waals surface area contributed by atoms with Crippen LogP contribution >= 0.6 is 0 Å². The summed E-state index contributed by atoms with van der Waals surface area (Å²) in [7, 11) is 0. The molecule has 1 atom stereocenters. The number of hydrogen-bond donors (Lipinski definition) is 0. The first-order chi connectivity index (χ1) is 29.5. The summed E-state index contributed by atoms with van der Waals surface area (Å²) in [5.41, 5.74) is 16.1. The third-order valence-electron chi connectivity index (χ3n) is 14.7. The Balaban J connectivity index is 1.15. The van der Waals surface area contributed by atoms with Crippen molar-refractivity contribution in [1.82, 2.24) is 4.57 Å². The van der Waals surface area contributed by atoms with Crippen molar-refractivity contribution in [1.29, 1.82) is 0 Å².